The fourth-order valence-corrected chi connectivity index (χ4v) is 3.82. The van der Waals surface area contributed by atoms with Crippen molar-refractivity contribution in [1.82, 2.24) is 15.1 Å². The van der Waals surface area contributed by atoms with Crippen LogP contribution in [0, 0.1) is 0 Å². The Labute approximate surface area is 103 Å². The van der Waals surface area contributed by atoms with Gasteiger partial charge in [0.1, 0.15) is 5.01 Å². The molecular formula is C9H14ClN3S2. The molecule has 0 spiro atoms. The van der Waals surface area contributed by atoms with Gasteiger partial charge in [-0.2, -0.15) is 11.8 Å². The zero-order valence-corrected chi connectivity index (χ0v) is 11.0. The van der Waals surface area contributed by atoms with E-state index in [1.807, 2.05) is 0 Å². The summed E-state index contributed by atoms with van der Waals surface area (Å²) in [4.78, 5) is 2.45. The third-order valence-corrected chi connectivity index (χ3v) is 4.85. The number of nitrogens with zero attached hydrogens (tertiary/aromatic N) is 3. The molecule has 1 aromatic rings. The Morgan fingerprint density at radius 1 is 1.53 bits per heavy atom. The molecule has 0 aliphatic carbocycles. The molecule has 0 bridgehead atoms. The van der Waals surface area contributed by atoms with Crippen molar-refractivity contribution in [2.75, 3.05) is 18.8 Å². The fraction of sp³-hybridized carbons (Fsp3) is 0.778. The number of hydrogen-bond acceptors (Lipinski definition) is 5. The molecule has 2 heterocycles. The summed E-state index contributed by atoms with van der Waals surface area (Å²) in [6.45, 7) is 5.47. The molecule has 1 aromatic heterocycles. The van der Waals surface area contributed by atoms with Gasteiger partial charge >= 0.3 is 0 Å². The van der Waals surface area contributed by atoms with Gasteiger partial charge in [0.25, 0.3) is 0 Å². The van der Waals surface area contributed by atoms with Gasteiger partial charge in [0, 0.05) is 24.1 Å². The van der Waals surface area contributed by atoms with Crippen molar-refractivity contribution in [1.29, 1.82) is 0 Å². The van der Waals surface area contributed by atoms with Gasteiger partial charge in [-0.15, -0.1) is 10.2 Å². The van der Waals surface area contributed by atoms with E-state index in [2.05, 4.69) is 33.8 Å². The van der Waals surface area contributed by atoms with Crippen LogP contribution in [0.25, 0.3) is 0 Å². The molecule has 1 atom stereocenters. The number of halogens is 1. The SMILES string of the molecule is CCC1CN(Cc2nnc(Cl)s2)CCS1. The van der Waals surface area contributed by atoms with E-state index in [0.717, 1.165) is 23.3 Å². The lowest BCUT2D eigenvalue weighted by Crippen LogP contribution is -2.36. The van der Waals surface area contributed by atoms with E-state index in [1.165, 1.54) is 30.1 Å². The second-order valence-corrected chi connectivity index (χ2v) is 6.64. The number of aromatic nitrogens is 2. The molecule has 0 saturated carbocycles. The number of thioether (sulfide) groups is 1. The smallest absolute Gasteiger partial charge is 0.207 e. The van der Waals surface area contributed by atoms with E-state index in [1.54, 1.807) is 0 Å². The first-order valence-corrected chi connectivity index (χ1v) is 7.34. The molecule has 84 valence electrons. The Morgan fingerprint density at radius 2 is 2.40 bits per heavy atom. The van der Waals surface area contributed by atoms with Crippen molar-refractivity contribution in [2.45, 2.75) is 25.1 Å². The summed E-state index contributed by atoms with van der Waals surface area (Å²) in [5, 5.41) is 9.68. The minimum absolute atomic E-state index is 0.545. The molecule has 2 rings (SSSR count). The van der Waals surface area contributed by atoms with E-state index in [0.29, 0.717) is 4.47 Å². The van der Waals surface area contributed by atoms with Crippen LogP contribution in [0.5, 0.6) is 0 Å². The minimum Gasteiger partial charge on any atom is -0.295 e. The highest BCUT2D eigenvalue weighted by molar-refractivity contribution is 8.00. The molecule has 0 N–H and O–H groups in total. The summed E-state index contributed by atoms with van der Waals surface area (Å²) in [6.07, 6.45) is 1.25. The predicted molar refractivity (Wildman–Crippen MR) is 66.7 cm³/mol. The van der Waals surface area contributed by atoms with Crippen LogP contribution in [0.3, 0.4) is 0 Å². The minimum atomic E-state index is 0.545. The molecule has 1 unspecified atom stereocenters. The normalized spacial score (nSPS) is 23.2. The molecule has 1 aliphatic heterocycles. The molecule has 15 heavy (non-hydrogen) atoms. The van der Waals surface area contributed by atoms with Gasteiger partial charge < -0.3 is 0 Å². The Balaban J connectivity index is 1.88. The first-order chi connectivity index (χ1) is 7.28. The average Bonchev–Trinajstić information content (AvgIpc) is 2.64. The standard InChI is InChI=1S/C9H14ClN3S2/c1-2-7-5-13(3-4-14-7)6-8-11-12-9(10)15-8/h7H,2-6H2,1H3. The fourth-order valence-electron chi connectivity index (χ4n) is 1.66. The van der Waals surface area contributed by atoms with Crippen molar-refractivity contribution >= 4 is 34.7 Å². The van der Waals surface area contributed by atoms with Crippen molar-refractivity contribution < 1.29 is 0 Å². The van der Waals surface area contributed by atoms with Crippen LogP contribution in [0.15, 0.2) is 0 Å². The zero-order chi connectivity index (χ0) is 10.7. The average molecular weight is 264 g/mol. The summed E-state index contributed by atoms with van der Waals surface area (Å²) >= 11 is 9.32. The van der Waals surface area contributed by atoms with Crippen molar-refractivity contribution in [3.63, 3.8) is 0 Å². The Morgan fingerprint density at radius 3 is 3.07 bits per heavy atom. The molecule has 3 nitrogen and oxygen atoms in total. The van der Waals surface area contributed by atoms with Gasteiger partial charge in [0.15, 0.2) is 0 Å². The summed E-state index contributed by atoms with van der Waals surface area (Å²) < 4.78 is 0.545. The first-order valence-electron chi connectivity index (χ1n) is 5.09. The lowest BCUT2D eigenvalue weighted by Gasteiger charge is -2.30. The molecular weight excluding hydrogens is 250 g/mol. The molecule has 0 radical (unpaired) electrons. The second kappa shape index (κ2) is 5.48. The van der Waals surface area contributed by atoms with Crippen LogP contribution < -0.4 is 0 Å². The lowest BCUT2D eigenvalue weighted by molar-refractivity contribution is 0.272. The maximum atomic E-state index is 5.76. The van der Waals surface area contributed by atoms with Crippen LogP contribution in [0.2, 0.25) is 4.47 Å². The van der Waals surface area contributed by atoms with Gasteiger partial charge in [-0.3, -0.25) is 4.90 Å². The Bertz CT molecular complexity index is 318. The Hall–Kier alpha value is 0.160. The van der Waals surface area contributed by atoms with E-state index in [4.69, 9.17) is 11.6 Å². The maximum Gasteiger partial charge on any atom is 0.207 e. The van der Waals surface area contributed by atoms with E-state index >= 15 is 0 Å². The molecule has 1 saturated heterocycles. The van der Waals surface area contributed by atoms with Crippen LogP contribution in [-0.4, -0.2) is 39.2 Å². The molecule has 1 aliphatic rings. The molecule has 0 amide bonds. The van der Waals surface area contributed by atoms with Gasteiger partial charge in [0.2, 0.25) is 4.47 Å². The quantitative estimate of drug-likeness (QED) is 0.838. The number of hydrogen-bond donors (Lipinski definition) is 0. The topological polar surface area (TPSA) is 29.0 Å². The highest BCUT2D eigenvalue weighted by Gasteiger charge is 2.19. The summed E-state index contributed by atoms with van der Waals surface area (Å²) in [6, 6.07) is 0. The van der Waals surface area contributed by atoms with Gasteiger partial charge in [0.05, 0.1) is 6.54 Å². The van der Waals surface area contributed by atoms with Crippen LogP contribution in [0.4, 0.5) is 0 Å². The summed E-state index contributed by atoms with van der Waals surface area (Å²) in [5.41, 5.74) is 0. The first kappa shape index (κ1) is 11.6. The van der Waals surface area contributed by atoms with E-state index in [9.17, 15) is 0 Å². The highest BCUT2D eigenvalue weighted by Crippen LogP contribution is 2.23. The Kier molecular flexibility index (Phi) is 4.25. The third kappa shape index (κ3) is 3.31. The van der Waals surface area contributed by atoms with Gasteiger partial charge in [-0.25, -0.2) is 0 Å². The van der Waals surface area contributed by atoms with Crippen molar-refractivity contribution in [3.05, 3.63) is 9.47 Å². The molecule has 1 fully saturated rings. The number of rotatable bonds is 3. The van der Waals surface area contributed by atoms with E-state index < -0.39 is 0 Å². The monoisotopic (exact) mass is 263 g/mol. The van der Waals surface area contributed by atoms with Crippen LogP contribution in [0.1, 0.15) is 18.4 Å². The highest BCUT2D eigenvalue weighted by atomic mass is 35.5. The van der Waals surface area contributed by atoms with Crippen LogP contribution >= 0.6 is 34.7 Å². The van der Waals surface area contributed by atoms with Crippen molar-refractivity contribution in [2.24, 2.45) is 0 Å². The summed E-state index contributed by atoms with van der Waals surface area (Å²) in [7, 11) is 0. The van der Waals surface area contributed by atoms with Crippen LogP contribution in [-0.2, 0) is 6.54 Å². The lowest BCUT2D eigenvalue weighted by atomic mass is 10.3. The summed E-state index contributed by atoms with van der Waals surface area (Å²) in [5.74, 6) is 1.23. The largest absolute Gasteiger partial charge is 0.295 e. The predicted octanol–water partition coefficient (Wildman–Crippen LogP) is 2.52. The van der Waals surface area contributed by atoms with Gasteiger partial charge in [-0.1, -0.05) is 18.3 Å². The second-order valence-electron chi connectivity index (χ2n) is 3.58. The zero-order valence-electron chi connectivity index (χ0n) is 8.65. The molecule has 0 aromatic carbocycles. The van der Waals surface area contributed by atoms with Crippen molar-refractivity contribution in [3.8, 4) is 0 Å². The maximum absolute atomic E-state index is 5.76. The molecule has 6 heteroatoms. The van der Waals surface area contributed by atoms with E-state index in [-0.39, 0.29) is 0 Å². The third-order valence-electron chi connectivity index (χ3n) is 2.48. The van der Waals surface area contributed by atoms with Gasteiger partial charge in [-0.05, 0) is 18.0 Å².